The number of carbonyl (C=O) groups excluding carboxylic acids is 1. The van der Waals surface area contributed by atoms with Gasteiger partial charge in [0.1, 0.15) is 11.5 Å². The topological polar surface area (TPSA) is 85.4 Å². The highest BCUT2D eigenvalue weighted by molar-refractivity contribution is 6.04. The molecule has 1 fully saturated rings. The first-order chi connectivity index (χ1) is 11.2. The molecule has 1 aromatic carbocycles. The third-order valence-electron chi connectivity index (χ3n) is 3.48. The minimum atomic E-state index is -0.300. The van der Waals surface area contributed by atoms with Crippen LogP contribution in [0.2, 0.25) is 0 Å². The van der Waals surface area contributed by atoms with E-state index in [1.807, 2.05) is 0 Å². The third-order valence-corrected chi connectivity index (χ3v) is 3.48. The van der Waals surface area contributed by atoms with Gasteiger partial charge in [-0.25, -0.2) is 9.97 Å². The maximum absolute atomic E-state index is 12.3. The van der Waals surface area contributed by atoms with Crippen LogP contribution in [0.1, 0.15) is 23.2 Å². The Morgan fingerprint density at radius 2 is 1.91 bits per heavy atom. The lowest BCUT2D eigenvalue weighted by molar-refractivity contribution is 0.102. The molecule has 2 N–H and O–H groups in total. The zero-order valence-corrected chi connectivity index (χ0v) is 13.0. The number of carbonyl (C=O) groups is 1. The number of hydrogen-bond acceptors (Lipinski definition) is 6. The summed E-state index contributed by atoms with van der Waals surface area (Å²) in [6, 6.07) is 5.64. The molecule has 0 bridgehead atoms. The van der Waals surface area contributed by atoms with Gasteiger partial charge in [-0.15, -0.1) is 0 Å². The van der Waals surface area contributed by atoms with Gasteiger partial charge in [-0.2, -0.15) is 0 Å². The molecule has 1 aliphatic carbocycles. The van der Waals surface area contributed by atoms with Gasteiger partial charge in [-0.05, 0) is 25.0 Å². The van der Waals surface area contributed by atoms with Gasteiger partial charge in [0.2, 0.25) is 5.95 Å². The number of benzene rings is 1. The molecule has 7 heteroatoms. The van der Waals surface area contributed by atoms with Crippen LogP contribution in [0.5, 0.6) is 11.5 Å². The quantitative estimate of drug-likeness (QED) is 0.851. The van der Waals surface area contributed by atoms with E-state index in [4.69, 9.17) is 9.47 Å². The van der Waals surface area contributed by atoms with Crippen molar-refractivity contribution in [2.45, 2.75) is 18.9 Å². The fourth-order valence-corrected chi connectivity index (χ4v) is 2.03. The van der Waals surface area contributed by atoms with Crippen LogP contribution in [-0.4, -0.2) is 36.1 Å². The number of ether oxygens (including phenoxy) is 2. The highest BCUT2D eigenvalue weighted by atomic mass is 16.5. The van der Waals surface area contributed by atoms with E-state index in [2.05, 4.69) is 20.6 Å². The Morgan fingerprint density at radius 3 is 2.52 bits per heavy atom. The molecule has 0 saturated heterocycles. The normalized spacial score (nSPS) is 13.3. The Labute approximate surface area is 134 Å². The zero-order chi connectivity index (χ0) is 16.2. The number of hydrogen-bond donors (Lipinski definition) is 2. The molecule has 1 heterocycles. The van der Waals surface area contributed by atoms with E-state index in [0.717, 1.165) is 12.8 Å². The van der Waals surface area contributed by atoms with Crippen molar-refractivity contribution in [1.29, 1.82) is 0 Å². The van der Waals surface area contributed by atoms with E-state index in [9.17, 15) is 4.79 Å². The molecular weight excluding hydrogens is 296 g/mol. The second-order valence-corrected chi connectivity index (χ2v) is 5.23. The third kappa shape index (κ3) is 3.68. The van der Waals surface area contributed by atoms with Crippen molar-refractivity contribution in [2.75, 3.05) is 24.9 Å². The molecule has 1 saturated carbocycles. The maximum atomic E-state index is 12.3. The first-order valence-electron chi connectivity index (χ1n) is 7.31. The molecule has 0 unspecified atom stereocenters. The Kier molecular flexibility index (Phi) is 4.27. The van der Waals surface area contributed by atoms with Gasteiger partial charge in [-0.1, -0.05) is 0 Å². The Bertz CT molecular complexity index is 699. The number of nitrogens with zero attached hydrogens (tertiary/aromatic N) is 2. The van der Waals surface area contributed by atoms with Crippen LogP contribution < -0.4 is 20.1 Å². The Balaban J connectivity index is 1.70. The van der Waals surface area contributed by atoms with Gasteiger partial charge in [0.15, 0.2) is 0 Å². The smallest absolute Gasteiger partial charge is 0.258 e. The van der Waals surface area contributed by atoms with Gasteiger partial charge >= 0.3 is 0 Å². The molecule has 1 aliphatic rings. The Hall–Kier alpha value is -2.83. The lowest BCUT2D eigenvalue weighted by Crippen LogP contribution is -2.14. The molecule has 7 nitrogen and oxygen atoms in total. The number of aromatic nitrogens is 2. The summed E-state index contributed by atoms with van der Waals surface area (Å²) in [6.07, 6.45) is 5.29. The summed E-state index contributed by atoms with van der Waals surface area (Å²) in [4.78, 5) is 20.6. The summed E-state index contributed by atoms with van der Waals surface area (Å²) in [5.41, 5.74) is 0.933. The van der Waals surface area contributed by atoms with E-state index < -0.39 is 0 Å². The van der Waals surface area contributed by atoms with Crippen molar-refractivity contribution in [2.24, 2.45) is 0 Å². The first-order valence-corrected chi connectivity index (χ1v) is 7.31. The molecule has 3 rings (SSSR count). The average Bonchev–Trinajstić information content (AvgIpc) is 3.39. The maximum Gasteiger partial charge on any atom is 0.258 e. The molecule has 0 aliphatic heterocycles. The van der Waals surface area contributed by atoms with E-state index in [0.29, 0.717) is 34.7 Å². The molecule has 0 atom stereocenters. The largest absolute Gasteiger partial charge is 0.497 e. The summed E-state index contributed by atoms with van der Waals surface area (Å²) in [7, 11) is 3.10. The standard InChI is InChI=1S/C16H18N4O3/c1-22-12-5-6-13(14(7-12)23-2)20-15(21)10-8-17-16(18-9-10)19-11-3-4-11/h5-9,11H,3-4H2,1-2H3,(H,20,21)(H,17,18,19). The van der Waals surface area contributed by atoms with Crippen molar-refractivity contribution in [3.63, 3.8) is 0 Å². The minimum Gasteiger partial charge on any atom is -0.497 e. The van der Waals surface area contributed by atoms with Crippen molar-refractivity contribution < 1.29 is 14.3 Å². The zero-order valence-electron chi connectivity index (χ0n) is 13.0. The van der Waals surface area contributed by atoms with Crippen LogP contribution in [0.25, 0.3) is 0 Å². The van der Waals surface area contributed by atoms with Crippen LogP contribution in [-0.2, 0) is 0 Å². The molecule has 120 valence electrons. The monoisotopic (exact) mass is 314 g/mol. The van der Waals surface area contributed by atoms with Gasteiger partial charge < -0.3 is 20.1 Å². The van der Waals surface area contributed by atoms with Gasteiger partial charge in [0.05, 0.1) is 25.5 Å². The fraction of sp³-hybridized carbons (Fsp3) is 0.312. The van der Waals surface area contributed by atoms with E-state index in [-0.39, 0.29) is 5.91 Å². The molecule has 1 aromatic heterocycles. The second-order valence-electron chi connectivity index (χ2n) is 5.23. The van der Waals surface area contributed by atoms with Crippen molar-refractivity contribution >= 4 is 17.5 Å². The molecular formula is C16H18N4O3. The molecule has 0 radical (unpaired) electrons. The molecule has 0 spiro atoms. The average molecular weight is 314 g/mol. The molecule has 2 aromatic rings. The molecule has 23 heavy (non-hydrogen) atoms. The number of methoxy groups -OCH3 is 2. The van der Waals surface area contributed by atoms with Crippen LogP contribution in [0.4, 0.5) is 11.6 Å². The SMILES string of the molecule is COc1ccc(NC(=O)c2cnc(NC3CC3)nc2)c(OC)c1. The number of nitrogens with one attached hydrogen (secondary N) is 2. The fourth-order valence-electron chi connectivity index (χ4n) is 2.03. The van der Waals surface area contributed by atoms with Crippen LogP contribution in [0.3, 0.4) is 0 Å². The van der Waals surface area contributed by atoms with Crippen molar-refractivity contribution in [3.05, 3.63) is 36.2 Å². The summed E-state index contributed by atoms with van der Waals surface area (Å²) >= 11 is 0. The molecule has 1 amide bonds. The number of amides is 1. The van der Waals surface area contributed by atoms with Crippen molar-refractivity contribution in [3.8, 4) is 11.5 Å². The Morgan fingerprint density at radius 1 is 1.17 bits per heavy atom. The highest BCUT2D eigenvalue weighted by Gasteiger charge is 2.22. The van der Waals surface area contributed by atoms with Crippen LogP contribution >= 0.6 is 0 Å². The predicted octanol–water partition coefficient (Wildman–Crippen LogP) is 2.32. The summed E-state index contributed by atoms with van der Waals surface area (Å²) < 4.78 is 10.4. The van der Waals surface area contributed by atoms with Crippen LogP contribution in [0.15, 0.2) is 30.6 Å². The van der Waals surface area contributed by atoms with Crippen molar-refractivity contribution in [1.82, 2.24) is 9.97 Å². The van der Waals surface area contributed by atoms with E-state index >= 15 is 0 Å². The van der Waals surface area contributed by atoms with E-state index in [1.54, 1.807) is 25.3 Å². The first kappa shape index (κ1) is 15.1. The summed E-state index contributed by atoms with van der Waals surface area (Å²) in [5.74, 6) is 1.42. The van der Waals surface area contributed by atoms with Gasteiger partial charge in [0.25, 0.3) is 5.91 Å². The highest BCUT2D eigenvalue weighted by Crippen LogP contribution is 2.29. The van der Waals surface area contributed by atoms with Gasteiger partial charge in [0, 0.05) is 24.5 Å². The summed E-state index contributed by atoms with van der Waals surface area (Å²) in [5, 5.41) is 5.96. The lowest BCUT2D eigenvalue weighted by atomic mass is 10.2. The number of anilines is 2. The lowest BCUT2D eigenvalue weighted by Gasteiger charge is -2.11. The summed E-state index contributed by atoms with van der Waals surface area (Å²) in [6.45, 7) is 0. The minimum absolute atomic E-state index is 0.300. The van der Waals surface area contributed by atoms with E-state index in [1.165, 1.54) is 19.5 Å². The van der Waals surface area contributed by atoms with Gasteiger partial charge in [-0.3, -0.25) is 4.79 Å². The number of rotatable bonds is 6. The predicted molar refractivity (Wildman–Crippen MR) is 86.2 cm³/mol. The second kappa shape index (κ2) is 6.51. The van der Waals surface area contributed by atoms with Crippen LogP contribution in [0, 0.1) is 0 Å².